The summed E-state index contributed by atoms with van der Waals surface area (Å²) in [6.45, 7) is 2.88. The predicted octanol–water partition coefficient (Wildman–Crippen LogP) is 4.00. The van der Waals surface area contributed by atoms with Crippen molar-refractivity contribution in [3.8, 4) is 0 Å². The number of nitrogens with one attached hydrogen (secondary N) is 1. The van der Waals surface area contributed by atoms with Gasteiger partial charge in [-0.25, -0.2) is 0 Å². The van der Waals surface area contributed by atoms with Gasteiger partial charge in [-0.05, 0) is 13.0 Å². The molecule has 0 rings (SSSR count). The second-order valence-corrected chi connectivity index (χ2v) is 6.76. The van der Waals surface area contributed by atoms with Gasteiger partial charge in [-0.3, -0.25) is 9.59 Å². The minimum atomic E-state index is -1.01. The van der Waals surface area contributed by atoms with Crippen LogP contribution in [-0.4, -0.2) is 29.6 Å². The van der Waals surface area contributed by atoms with Gasteiger partial charge in [-0.15, -0.1) is 0 Å². The lowest BCUT2D eigenvalue weighted by Gasteiger charge is -2.12. The molecule has 0 fully saturated rings. The van der Waals surface area contributed by atoms with E-state index in [1.165, 1.54) is 70.6 Å². The van der Waals surface area contributed by atoms with E-state index in [1.807, 2.05) is 0 Å². The number of carbonyl (C=O) groups excluding carboxylic acids is 1. The maximum atomic E-state index is 10.9. The average molecular weight is 343 g/mol. The number of nitrogens with two attached hydrogens (primary N) is 1. The van der Waals surface area contributed by atoms with Crippen molar-refractivity contribution in [1.29, 1.82) is 0 Å². The Morgan fingerprint density at radius 3 is 1.62 bits per heavy atom. The van der Waals surface area contributed by atoms with Gasteiger partial charge in [0.25, 0.3) is 0 Å². The van der Waals surface area contributed by atoms with Crippen LogP contribution in [0.1, 0.15) is 96.8 Å². The molecule has 0 heterocycles. The normalized spacial score (nSPS) is 12.2. The van der Waals surface area contributed by atoms with Crippen LogP contribution >= 0.6 is 0 Å². The molecule has 0 unspecified atom stereocenters. The third kappa shape index (κ3) is 15.8. The zero-order valence-electron chi connectivity index (χ0n) is 15.5. The van der Waals surface area contributed by atoms with E-state index in [0.717, 1.165) is 12.8 Å². The number of aliphatic carboxylic acids is 1. The molecule has 0 aliphatic heterocycles. The molecular weight excluding hydrogens is 304 g/mol. The Morgan fingerprint density at radius 2 is 1.25 bits per heavy atom. The third-order valence-electron chi connectivity index (χ3n) is 4.37. The lowest BCUT2D eigenvalue weighted by Crippen LogP contribution is -2.40. The molecule has 5 heteroatoms. The van der Waals surface area contributed by atoms with Crippen molar-refractivity contribution in [2.75, 3.05) is 6.54 Å². The van der Waals surface area contributed by atoms with E-state index in [4.69, 9.17) is 10.8 Å². The Balaban J connectivity index is 3.30. The molecule has 5 nitrogen and oxygen atoms in total. The Labute approximate surface area is 147 Å². The van der Waals surface area contributed by atoms with Gasteiger partial charge in [0.1, 0.15) is 6.04 Å². The van der Waals surface area contributed by atoms with Crippen molar-refractivity contribution < 1.29 is 14.7 Å². The summed E-state index contributed by atoms with van der Waals surface area (Å²) >= 11 is 0. The van der Waals surface area contributed by atoms with Crippen molar-refractivity contribution in [3.05, 3.63) is 0 Å². The fourth-order valence-electron chi connectivity index (χ4n) is 2.87. The lowest BCUT2D eigenvalue weighted by molar-refractivity contribution is -0.141. The summed E-state index contributed by atoms with van der Waals surface area (Å²) in [6.07, 6.45) is 16.6. The van der Waals surface area contributed by atoms with E-state index < -0.39 is 17.9 Å². The quantitative estimate of drug-likeness (QED) is 0.328. The predicted molar refractivity (Wildman–Crippen MR) is 98.9 cm³/mol. The van der Waals surface area contributed by atoms with Crippen LogP contribution in [0.3, 0.4) is 0 Å². The van der Waals surface area contributed by atoms with Crippen molar-refractivity contribution in [2.24, 2.45) is 5.73 Å². The standard InChI is InChI=1S/C19H38N2O3/c1-2-3-4-5-6-7-8-9-10-11-12-13-14-15-21-17(19(23)24)16-18(20)22/h17,21H,2-16H2,1H3,(H2,20,22)(H,23,24)/t17-/m0/s1. The summed E-state index contributed by atoms with van der Waals surface area (Å²) in [6, 6.07) is -0.847. The van der Waals surface area contributed by atoms with Crippen LogP contribution in [0.5, 0.6) is 0 Å². The topological polar surface area (TPSA) is 92.4 Å². The molecule has 4 N–H and O–H groups in total. The summed E-state index contributed by atoms with van der Waals surface area (Å²) in [5, 5.41) is 11.8. The van der Waals surface area contributed by atoms with E-state index in [1.54, 1.807) is 0 Å². The van der Waals surface area contributed by atoms with E-state index in [0.29, 0.717) is 6.54 Å². The fraction of sp³-hybridized carbons (Fsp3) is 0.895. The Kier molecular flexibility index (Phi) is 16.0. The number of carboxylic acids is 1. The van der Waals surface area contributed by atoms with E-state index in [-0.39, 0.29) is 6.42 Å². The number of rotatable bonds is 18. The first-order valence-corrected chi connectivity index (χ1v) is 9.82. The summed E-state index contributed by atoms with van der Waals surface area (Å²) in [5.41, 5.74) is 5.04. The summed E-state index contributed by atoms with van der Waals surface area (Å²) < 4.78 is 0. The number of primary amides is 1. The molecule has 0 aliphatic rings. The smallest absolute Gasteiger partial charge is 0.321 e. The van der Waals surface area contributed by atoms with Gasteiger partial charge in [0.2, 0.25) is 5.91 Å². The van der Waals surface area contributed by atoms with Gasteiger partial charge >= 0.3 is 5.97 Å². The molecule has 1 atom stereocenters. The van der Waals surface area contributed by atoms with Crippen LogP contribution in [0, 0.1) is 0 Å². The zero-order valence-corrected chi connectivity index (χ0v) is 15.5. The first-order valence-electron chi connectivity index (χ1n) is 9.82. The van der Waals surface area contributed by atoms with Crippen LogP contribution in [0.2, 0.25) is 0 Å². The van der Waals surface area contributed by atoms with Crippen LogP contribution in [0.15, 0.2) is 0 Å². The highest BCUT2D eigenvalue weighted by atomic mass is 16.4. The summed E-state index contributed by atoms with van der Waals surface area (Å²) in [7, 11) is 0. The number of amides is 1. The van der Waals surface area contributed by atoms with Crippen LogP contribution in [0.4, 0.5) is 0 Å². The molecule has 0 spiro atoms. The van der Waals surface area contributed by atoms with Crippen LogP contribution < -0.4 is 11.1 Å². The van der Waals surface area contributed by atoms with Gasteiger partial charge < -0.3 is 16.2 Å². The average Bonchev–Trinajstić information content (AvgIpc) is 2.53. The highest BCUT2D eigenvalue weighted by Gasteiger charge is 2.18. The van der Waals surface area contributed by atoms with Crippen molar-refractivity contribution in [1.82, 2.24) is 5.32 Å². The van der Waals surface area contributed by atoms with Crippen molar-refractivity contribution in [2.45, 2.75) is 103 Å². The number of carbonyl (C=O) groups is 2. The summed E-state index contributed by atoms with van der Waals surface area (Å²) in [4.78, 5) is 21.7. The van der Waals surface area contributed by atoms with Gasteiger partial charge in [0.05, 0.1) is 6.42 Å². The second-order valence-electron chi connectivity index (χ2n) is 6.76. The first-order chi connectivity index (χ1) is 11.6. The molecule has 0 aliphatic carbocycles. The largest absolute Gasteiger partial charge is 0.480 e. The van der Waals surface area contributed by atoms with E-state index in [2.05, 4.69) is 12.2 Å². The zero-order chi connectivity index (χ0) is 18.0. The van der Waals surface area contributed by atoms with Crippen molar-refractivity contribution in [3.63, 3.8) is 0 Å². The maximum absolute atomic E-state index is 10.9. The van der Waals surface area contributed by atoms with Gasteiger partial charge in [-0.2, -0.15) is 0 Å². The minimum Gasteiger partial charge on any atom is -0.480 e. The maximum Gasteiger partial charge on any atom is 0.321 e. The van der Waals surface area contributed by atoms with Gasteiger partial charge in [0.15, 0.2) is 0 Å². The minimum absolute atomic E-state index is 0.145. The molecule has 1 amide bonds. The fourth-order valence-corrected chi connectivity index (χ4v) is 2.87. The molecular formula is C19H38N2O3. The number of hydrogen-bond donors (Lipinski definition) is 3. The number of unbranched alkanes of at least 4 members (excludes halogenated alkanes) is 12. The van der Waals surface area contributed by atoms with E-state index in [9.17, 15) is 9.59 Å². The van der Waals surface area contributed by atoms with Crippen LogP contribution in [-0.2, 0) is 9.59 Å². The van der Waals surface area contributed by atoms with Gasteiger partial charge in [-0.1, -0.05) is 84.0 Å². The number of carboxylic acid groups (broad SMARTS) is 1. The Hall–Kier alpha value is -1.10. The molecule has 0 aromatic carbocycles. The summed E-state index contributed by atoms with van der Waals surface area (Å²) in [5.74, 6) is -1.59. The highest BCUT2D eigenvalue weighted by Crippen LogP contribution is 2.12. The van der Waals surface area contributed by atoms with Crippen molar-refractivity contribution >= 4 is 11.9 Å². The van der Waals surface area contributed by atoms with E-state index >= 15 is 0 Å². The van der Waals surface area contributed by atoms with Gasteiger partial charge in [0, 0.05) is 0 Å². The van der Waals surface area contributed by atoms with Crippen LogP contribution in [0.25, 0.3) is 0 Å². The molecule has 0 saturated heterocycles. The number of hydrogen-bond acceptors (Lipinski definition) is 3. The Morgan fingerprint density at radius 1 is 0.833 bits per heavy atom. The molecule has 0 aromatic heterocycles. The monoisotopic (exact) mass is 342 g/mol. The molecule has 0 saturated carbocycles. The SMILES string of the molecule is CCCCCCCCCCCCCCCN[C@@H](CC(N)=O)C(=O)O. The molecule has 0 aromatic rings. The molecule has 142 valence electrons. The third-order valence-corrected chi connectivity index (χ3v) is 4.37. The molecule has 24 heavy (non-hydrogen) atoms. The lowest BCUT2D eigenvalue weighted by atomic mass is 10.0. The molecule has 0 radical (unpaired) electrons. The highest BCUT2D eigenvalue weighted by molar-refractivity contribution is 5.83. The molecule has 0 bridgehead atoms. The second kappa shape index (κ2) is 16.7. The first kappa shape index (κ1) is 22.9. The Bertz CT molecular complexity index is 322.